The van der Waals surface area contributed by atoms with Gasteiger partial charge in [-0.05, 0) is 37.1 Å². The predicted molar refractivity (Wildman–Crippen MR) is 83.3 cm³/mol. The number of nitrogens with zero attached hydrogens (tertiary/aromatic N) is 1. The number of fused-ring (bicyclic) bond motifs is 3. The molecule has 2 aromatic carbocycles. The molecule has 4 heteroatoms. The topological polar surface area (TPSA) is 37.4 Å². The molecule has 0 bridgehead atoms. The number of benzene rings is 2. The number of hydrogen-bond donors (Lipinski definition) is 0. The van der Waals surface area contributed by atoms with Crippen molar-refractivity contribution >= 4 is 15.5 Å². The number of sulfone groups is 1. The maximum Gasteiger partial charge on any atom is 0.184 e. The van der Waals surface area contributed by atoms with Crippen LogP contribution in [0.3, 0.4) is 0 Å². The minimum atomic E-state index is -3.17. The number of aryl methyl sites for hydroxylation is 1. The van der Waals surface area contributed by atoms with Crippen LogP contribution in [0.25, 0.3) is 0 Å². The van der Waals surface area contributed by atoms with Crippen LogP contribution >= 0.6 is 0 Å². The molecule has 0 N–H and O–H groups in total. The summed E-state index contributed by atoms with van der Waals surface area (Å²) in [6.07, 6.45) is 0.704. The highest BCUT2D eigenvalue weighted by Crippen LogP contribution is 2.49. The Balaban J connectivity index is 1.84. The first-order chi connectivity index (χ1) is 10.1. The maximum atomic E-state index is 12.7. The molecule has 0 unspecified atom stereocenters. The smallest absolute Gasteiger partial charge is 0.184 e. The molecule has 2 aliphatic rings. The summed E-state index contributed by atoms with van der Waals surface area (Å²) in [5.41, 5.74) is 3.29. The van der Waals surface area contributed by atoms with E-state index in [1.54, 1.807) is 6.07 Å². The van der Waals surface area contributed by atoms with Gasteiger partial charge >= 0.3 is 0 Å². The van der Waals surface area contributed by atoms with E-state index in [4.69, 9.17) is 0 Å². The normalized spacial score (nSPS) is 25.7. The van der Waals surface area contributed by atoms with Crippen LogP contribution in [0.4, 0.5) is 5.69 Å². The van der Waals surface area contributed by atoms with Crippen molar-refractivity contribution in [2.75, 3.05) is 11.4 Å². The van der Waals surface area contributed by atoms with Gasteiger partial charge in [-0.15, -0.1) is 0 Å². The molecule has 3 nitrogen and oxygen atoms in total. The number of rotatable bonds is 1. The average molecular weight is 299 g/mol. The summed E-state index contributed by atoms with van der Waals surface area (Å²) in [5, 5.41) is -0.295. The zero-order valence-corrected chi connectivity index (χ0v) is 12.7. The van der Waals surface area contributed by atoms with Gasteiger partial charge in [0.25, 0.3) is 0 Å². The molecule has 0 aromatic heterocycles. The fourth-order valence-corrected chi connectivity index (χ4v) is 5.79. The highest BCUT2D eigenvalue weighted by Gasteiger charge is 2.50. The summed E-state index contributed by atoms with van der Waals surface area (Å²) in [5.74, 6) is 0. The van der Waals surface area contributed by atoms with Crippen molar-refractivity contribution in [3.05, 3.63) is 59.7 Å². The van der Waals surface area contributed by atoms with E-state index in [0.29, 0.717) is 11.3 Å². The van der Waals surface area contributed by atoms with E-state index in [1.807, 2.05) is 18.2 Å². The van der Waals surface area contributed by atoms with Gasteiger partial charge in [0.1, 0.15) is 0 Å². The summed E-state index contributed by atoms with van der Waals surface area (Å²) >= 11 is 0. The third-order valence-electron chi connectivity index (χ3n) is 4.65. The van der Waals surface area contributed by atoms with E-state index in [9.17, 15) is 8.42 Å². The van der Waals surface area contributed by atoms with E-state index < -0.39 is 9.84 Å². The van der Waals surface area contributed by atoms with Crippen molar-refractivity contribution in [1.29, 1.82) is 0 Å². The van der Waals surface area contributed by atoms with E-state index in [2.05, 4.69) is 36.1 Å². The van der Waals surface area contributed by atoms with Crippen molar-refractivity contribution in [3.63, 3.8) is 0 Å². The molecule has 2 heterocycles. The Morgan fingerprint density at radius 2 is 1.76 bits per heavy atom. The second-order valence-corrected chi connectivity index (χ2v) is 8.02. The third-order valence-corrected chi connectivity index (χ3v) is 6.93. The molecular formula is C17H17NO2S. The van der Waals surface area contributed by atoms with Crippen LogP contribution in [-0.4, -0.2) is 20.2 Å². The van der Waals surface area contributed by atoms with Gasteiger partial charge in [-0.1, -0.05) is 35.9 Å². The summed E-state index contributed by atoms with van der Waals surface area (Å²) < 4.78 is 25.3. The lowest BCUT2D eigenvalue weighted by molar-refractivity contribution is 0.583. The maximum absolute atomic E-state index is 12.7. The van der Waals surface area contributed by atoms with Gasteiger partial charge in [-0.3, -0.25) is 0 Å². The van der Waals surface area contributed by atoms with Crippen LogP contribution in [0.5, 0.6) is 0 Å². The van der Waals surface area contributed by atoms with Gasteiger partial charge in [0, 0.05) is 12.2 Å². The highest BCUT2D eigenvalue weighted by atomic mass is 32.2. The molecule has 4 rings (SSSR count). The Kier molecular flexibility index (Phi) is 2.67. The average Bonchev–Trinajstić information content (AvgIpc) is 3.01. The second kappa shape index (κ2) is 4.34. The zero-order chi connectivity index (χ0) is 14.6. The quantitative estimate of drug-likeness (QED) is 0.812. The molecule has 0 radical (unpaired) electrons. The Labute approximate surface area is 125 Å². The second-order valence-electron chi connectivity index (χ2n) is 5.88. The van der Waals surface area contributed by atoms with E-state index in [-0.39, 0.29) is 11.3 Å². The molecule has 0 spiro atoms. The lowest BCUT2D eigenvalue weighted by atomic mass is 10.0. The number of anilines is 1. The van der Waals surface area contributed by atoms with Crippen molar-refractivity contribution in [3.8, 4) is 0 Å². The van der Waals surface area contributed by atoms with Gasteiger partial charge in [0.2, 0.25) is 0 Å². The van der Waals surface area contributed by atoms with Crippen LogP contribution in [0.1, 0.15) is 23.6 Å². The largest absolute Gasteiger partial charge is 0.363 e. The van der Waals surface area contributed by atoms with Crippen LogP contribution in [0, 0.1) is 6.92 Å². The predicted octanol–water partition coefficient (Wildman–Crippen LogP) is 3.10. The molecule has 21 heavy (non-hydrogen) atoms. The van der Waals surface area contributed by atoms with Crippen LogP contribution < -0.4 is 4.90 Å². The molecule has 2 atom stereocenters. The van der Waals surface area contributed by atoms with Crippen molar-refractivity contribution in [2.24, 2.45) is 0 Å². The number of hydrogen-bond acceptors (Lipinski definition) is 3. The first-order valence-electron chi connectivity index (χ1n) is 7.25. The van der Waals surface area contributed by atoms with Gasteiger partial charge < -0.3 is 4.90 Å². The lowest BCUT2D eigenvalue weighted by Gasteiger charge is -2.26. The summed E-state index contributed by atoms with van der Waals surface area (Å²) in [6.45, 7) is 2.86. The van der Waals surface area contributed by atoms with Crippen molar-refractivity contribution < 1.29 is 8.42 Å². The molecule has 1 fully saturated rings. The highest BCUT2D eigenvalue weighted by molar-refractivity contribution is 7.92. The van der Waals surface area contributed by atoms with Crippen LogP contribution in [-0.2, 0) is 9.84 Å². The van der Waals surface area contributed by atoms with Gasteiger partial charge in [0.15, 0.2) is 9.84 Å². The molecule has 1 saturated heterocycles. The summed E-state index contributed by atoms with van der Waals surface area (Å²) in [7, 11) is -3.17. The lowest BCUT2D eigenvalue weighted by Crippen LogP contribution is -2.25. The summed E-state index contributed by atoms with van der Waals surface area (Å²) in [4.78, 5) is 2.77. The minimum Gasteiger partial charge on any atom is -0.363 e. The van der Waals surface area contributed by atoms with Crippen molar-refractivity contribution in [2.45, 2.75) is 29.5 Å². The van der Waals surface area contributed by atoms with Crippen LogP contribution in [0.15, 0.2) is 53.4 Å². The fourth-order valence-electron chi connectivity index (χ4n) is 3.63. The van der Waals surface area contributed by atoms with Gasteiger partial charge in [-0.25, -0.2) is 8.42 Å². The van der Waals surface area contributed by atoms with E-state index in [0.717, 1.165) is 17.8 Å². The van der Waals surface area contributed by atoms with Gasteiger partial charge in [-0.2, -0.15) is 0 Å². The SMILES string of the molecule is Cc1ccc(N2CC[C@@H]3[C@H]2c2ccccc2S3(=O)=O)cc1. The Morgan fingerprint density at radius 3 is 2.52 bits per heavy atom. The molecule has 108 valence electrons. The summed E-state index contributed by atoms with van der Waals surface area (Å²) in [6, 6.07) is 15.8. The minimum absolute atomic E-state index is 0.0334. The Morgan fingerprint density at radius 1 is 1.05 bits per heavy atom. The monoisotopic (exact) mass is 299 g/mol. The Bertz CT molecular complexity index is 796. The first-order valence-corrected chi connectivity index (χ1v) is 8.80. The molecular weight excluding hydrogens is 282 g/mol. The van der Waals surface area contributed by atoms with Gasteiger partial charge in [0.05, 0.1) is 16.2 Å². The van der Waals surface area contributed by atoms with Crippen LogP contribution in [0.2, 0.25) is 0 Å². The Hall–Kier alpha value is -1.81. The molecule has 0 amide bonds. The fraction of sp³-hybridized carbons (Fsp3) is 0.294. The molecule has 0 aliphatic carbocycles. The van der Waals surface area contributed by atoms with Crippen molar-refractivity contribution in [1.82, 2.24) is 0 Å². The van der Waals surface area contributed by atoms with E-state index in [1.165, 1.54) is 5.56 Å². The zero-order valence-electron chi connectivity index (χ0n) is 11.9. The molecule has 2 aromatic rings. The first kappa shape index (κ1) is 12.9. The standard InChI is InChI=1S/C17H17NO2S/c1-12-6-8-13(9-7-12)18-11-10-16-17(18)14-4-2-3-5-15(14)21(16,19)20/h2-9,16-17H,10-11H2,1H3/t16-,17-/m1/s1. The van der Waals surface area contributed by atoms with E-state index >= 15 is 0 Å². The molecule has 0 saturated carbocycles. The molecule has 2 aliphatic heterocycles. The third kappa shape index (κ3) is 1.75.